The summed E-state index contributed by atoms with van der Waals surface area (Å²) in [5.41, 5.74) is 1.75. The first-order valence-corrected chi connectivity index (χ1v) is 6.94. The molecule has 19 heavy (non-hydrogen) atoms. The van der Waals surface area contributed by atoms with Crippen LogP contribution in [0.2, 0.25) is 0 Å². The number of carbonyl (C=O) groups is 1. The lowest BCUT2D eigenvalue weighted by Crippen LogP contribution is -2.14. The first-order valence-electron chi connectivity index (χ1n) is 5.86. The van der Waals surface area contributed by atoms with E-state index in [2.05, 4.69) is 27.9 Å². The minimum atomic E-state index is -0.0329. The molecule has 4 heteroatoms. The minimum absolute atomic E-state index is 0.0329. The lowest BCUT2D eigenvalue weighted by Gasteiger charge is -2.08. The SMILES string of the molecule is COc1cc(NC(=O)Cc2ccccc2)ccc1I. The Bertz CT molecular complexity index is 570. The van der Waals surface area contributed by atoms with Crippen LogP contribution in [0.3, 0.4) is 0 Å². The van der Waals surface area contributed by atoms with Gasteiger partial charge in [-0.3, -0.25) is 4.79 Å². The normalized spacial score (nSPS) is 10.0. The molecule has 0 atom stereocenters. The van der Waals surface area contributed by atoms with Gasteiger partial charge in [0.05, 0.1) is 17.1 Å². The van der Waals surface area contributed by atoms with E-state index in [4.69, 9.17) is 4.74 Å². The van der Waals surface area contributed by atoms with Gasteiger partial charge in [-0.25, -0.2) is 0 Å². The number of amides is 1. The highest BCUT2D eigenvalue weighted by Gasteiger charge is 2.06. The van der Waals surface area contributed by atoms with Gasteiger partial charge in [-0.2, -0.15) is 0 Å². The zero-order valence-corrected chi connectivity index (χ0v) is 12.7. The van der Waals surface area contributed by atoms with Crippen LogP contribution in [0, 0.1) is 3.57 Å². The quantitative estimate of drug-likeness (QED) is 0.841. The van der Waals surface area contributed by atoms with Crippen molar-refractivity contribution >= 4 is 34.2 Å². The number of halogens is 1. The van der Waals surface area contributed by atoms with Gasteiger partial charge in [-0.05, 0) is 40.3 Å². The Hall–Kier alpha value is -1.56. The predicted octanol–water partition coefficient (Wildman–Crippen LogP) is 3.48. The second-order valence-corrected chi connectivity index (χ2v) is 5.22. The maximum atomic E-state index is 11.9. The van der Waals surface area contributed by atoms with Crippen molar-refractivity contribution in [2.24, 2.45) is 0 Å². The smallest absolute Gasteiger partial charge is 0.228 e. The molecule has 1 amide bonds. The summed E-state index contributed by atoms with van der Waals surface area (Å²) in [5, 5.41) is 2.87. The molecule has 2 aromatic rings. The second kappa shape index (κ2) is 6.56. The fourth-order valence-corrected chi connectivity index (χ4v) is 2.28. The molecule has 3 nitrogen and oxygen atoms in total. The molecule has 0 fully saturated rings. The maximum absolute atomic E-state index is 11.9. The summed E-state index contributed by atoms with van der Waals surface area (Å²) in [4.78, 5) is 11.9. The largest absolute Gasteiger partial charge is 0.496 e. The van der Waals surface area contributed by atoms with Crippen molar-refractivity contribution in [3.05, 3.63) is 57.7 Å². The summed E-state index contributed by atoms with van der Waals surface area (Å²) in [6, 6.07) is 15.3. The van der Waals surface area contributed by atoms with Gasteiger partial charge in [0.25, 0.3) is 0 Å². The highest BCUT2D eigenvalue weighted by Crippen LogP contribution is 2.24. The van der Waals surface area contributed by atoms with E-state index < -0.39 is 0 Å². The van der Waals surface area contributed by atoms with Crippen molar-refractivity contribution in [3.63, 3.8) is 0 Å². The number of benzene rings is 2. The van der Waals surface area contributed by atoms with E-state index in [9.17, 15) is 4.79 Å². The zero-order valence-electron chi connectivity index (χ0n) is 10.5. The lowest BCUT2D eigenvalue weighted by atomic mass is 10.1. The van der Waals surface area contributed by atoms with Crippen LogP contribution in [0.25, 0.3) is 0 Å². The third-order valence-corrected chi connectivity index (χ3v) is 3.53. The van der Waals surface area contributed by atoms with Gasteiger partial charge in [0.15, 0.2) is 0 Å². The lowest BCUT2D eigenvalue weighted by molar-refractivity contribution is -0.115. The molecule has 0 radical (unpaired) electrons. The van der Waals surface area contributed by atoms with Crippen LogP contribution in [0.15, 0.2) is 48.5 Å². The molecule has 0 saturated carbocycles. The van der Waals surface area contributed by atoms with E-state index in [1.165, 1.54) is 0 Å². The molecule has 0 bridgehead atoms. The molecule has 2 aromatic carbocycles. The van der Waals surface area contributed by atoms with E-state index in [1.807, 2.05) is 48.5 Å². The van der Waals surface area contributed by atoms with E-state index in [-0.39, 0.29) is 5.91 Å². The number of anilines is 1. The van der Waals surface area contributed by atoms with Gasteiger partial charge in [-0.1, -0.05) is 30.3 Å². The number of hydrogen-bond donors (Lipinski definition) is 1. The molecule has 0 aliphatic rings. The average molecular weight is 367 g/mol. The molecule has 0 aliphatic carbocycles. The third kappa shape index (κ3) is 3.96. The van der Waals surface area contributed by atoms with Crippen LogP contribution in [0.5, 0.6) is 5.75 Å². The van der Waals surface area contributed by atoms with Gasteiger partial charge in [0.2, 0.25) is 5.91 Å². The highest BCUT2D eigenvalue weighted by atomic mass is 127. The summed E-state index contributed by atoms with van der Waals surface area (Å²) >= 11 is 2.19. The Morgan fingerprint density at radius 1 is 1.21 bits per heavy atom. The molecule has 2 rings (SSSR count). The second-order valence-electron chi connectivity index (χ2n) is 4.06. The Morgan fingerprint density at radius 2 is 1.95 bits per heavy atom. The fraction of sp³-hybridized carbons (Fsp3) is 0.133. The number of rotatable bonds is 4. The van der Waals surface area contributed by atoms with Crippen molar-refractivity contribution in [1.29, 1.82) is 0 Å². The molecular weight excluding hydrogens is 353 g/mol. The number of ether oxygens (including phenoxy) is 1. The molecule has 0 aromatic heterocycles. The summed E-state index contributed by atoms with van der Waals surface area (Å²) in [6.07, 6.45) is 0.370. The summed E-state index contributed by atoms with van der Waals surface area (Å²) < 4.78 is 6.24. The van der Waals surface area contributed by atoms with Gasteiger partial charge in [0, 0.05) is 11.8 Å². The van der Waals surface area contributed by atoms with Crippen LogP contribution in [-0.2, 0) is 11.2 Å². The first kappa shape index (κ1) is 13.9. The van der Waals surface area contributed by atoms with E-state index >= 15 is 0 Å². The van der Waals surface area contributed by atoms with Crippen molar-refractivity contribution < 1.29 is 9.53 Å². The molecule has 0 spiro atoms. The monoisotopic (exact) mass is 367 g/mol. The summed E-state index contributed by atoms with van der Waals surface area (Å²) in [5.74, 6) is 0.729. The van der Waals surface area contributed by atoms with Gasteiger partial charge in [0.1, 0.15) is 5.75 Å². The maximum Gasteiger partial charge on any atom is 0.228 e. The van der Waals surface area contributed by atoms with Crippen molar-refractivity contribution in [2.45, 2.75) is 6.42 Å². The molecule has 1 N–H and O–H groups in total. The van der Waals surface area contributed by atoms with Crippen LogP contribution in [-0.4, -0.2) is 13.0 Å². The average Bonchev–Trinajstić information content (AvgIpc) is 2.42. The van der Waals surface area contributed by atoms with Crippen molar-refractivity contribution in [1.82, 2.24) is 0 Å². The Balaban J connectivity index is 2.03. The van der Waals surface area contributed by atoms with Crippen molar-refractivity contribution in [3.8, 4) is 5.75 Å². The Labute approximate surface area is 126 Å². The fourth-order valence-electron chi connectivity index (χ4n) is 1.72. The topological polar surface area (TPSA) is 38.3 Å². The molecular formula is C15H14INO2. The summed E-state index contributed by atoms with van der Waals surface area (Å²) in [7, 11) is 1.62. The van der Waals surface area contributed by atoms with Crippen molar-refractivity contribution in [2.75, 3.05) is 12.4 Å². The zero-order chi connectivity index (χ0) is 13.7. The number of nitrogens with one attached hydrogen (secondary N) is 1. The van der Waals surface area contributed by atoms with Crippen LogP contribution in [0.1, 0.15) is 5.56 Å². The third-order valence-electron chi connectivity index (χ3n) is 2.64. The predicted molar refractivity (Wildman–Crippen MR) is 84.5 cm³/mol. The molecule has 0 heterocycles. The Morgan fingerprint density at radius 3 is 2.63 bits per heavy atom. The van der Waals surface area contributed by atoms with Crippen LogP contribution < -0.4 is 10.1 Å². The number of carbonyl (C=O) groups excluding carboxylic acids is 1. The summed E-state index contributed by atoms with van der Waals surface area (Å²) in [6.45, 7) is 0. The van der Waals surface area contributed by atoms with Gasteiger partial charge >= 0.3 is 0 Å². The van der Waals surface area contributed by atoms with Crippen LogP contribution >= 0.6 is 22.6 Å². The van der Waals surface area contributed by atoms with Gasteiger partial charge < -0.3 is 10.1 Å². The molecule has 0 unspecified atom stereocenters. The molecule has 0 aliphatic heterocycles. The minimum Gasteiger partial charge on any atom is -0.496 e. The number of hydrogen-bond acceptors (Lipinski definition) is 2. The Kier molecular flexibility index (Phi) is 4.79. The molecule has 98 valence electrons. The highest BCUT2D eigenvalue weighted by molar-refractivity contribution is 14.1. The van der Waals surface area contributed by atoms with E-state index in [1.54, 1.807) is 7.11 Å². The standard InChI is InChI=1S/C15H14INO2/c1-19-14-10-12(7-8-13(14)16)17-15(18)9-11-5-3-2-4-6-11/h2-8,10H,9H2,1H3,(H,17,18). The molecule has 0 saturated heterocycles. The first-order chi connectivity index (χ1) is 9.19. The van der Waals surface area contributed by atoms with Crippen LogP contribution in [0.4, 0.5) is 5.69 Å². The van der Waals surface area contributed by atoms with E-state index in [0.29, 0.717) is 6.42 Å². The number of methoxy groups -OCH3 is 1. The van der Waals surface area contributed by atoms with Gasteiger partial charge in [-0.15, -0.1) is 0 Å². The van der Waals surface area contributed by atoms with E-state index in [0.717, 1.165) is 20.6 Å².